The van der Waals surface area contributed by atoms with Crippen LogP contribution in [0, 0.1) is 40.9 Å². The first-order chi connectivity index (χ1) is 26.8. The van der Waals surface area contributed by atoms with Gasteiger partial charge in [0, 0.05) is 45.3 Å². The number of benzene rings is 1. The van der Waals surface area contributed by atoms with E-state index >= 15 is 0 Å². The highest BCUT2D eigenvalue weighted by Crippen LogP contribution is 2.65. The molecule has 5 rings (SSSR count). The smallest absolute Gasteiger partial charge is 0.315 e. The molecular formula is C42H55N7O7S. The number of carbonyl (C=O) groups excluding carboxylic acids is 5. The van der Waals surface area contributed by atoms with E-state index in [1.165, 1.54) is 30.3 Å². The van der Waals surface area contributed by atoms with Crippen LogP contribution in [0.2, 0.25) is 0 Å². The number of carbonyl (C=O) groups is 5. The zero-order valence-electron chi connectivity index (χ0n) is 33.6. The van der Waals surface area contributed by atoms with E-state index in [2.05, 4.69) is 38.8 Å². The molecule has 2 aliphatic carbocycles. The molecule has 15 heteroatoms. The van der Waals surface area contributed by atoms with Crippen molar-refractivity contribution in [2.75, 3.05) is 26.7 Å². The number of Topliss-reactive ketones (excluding diaryl/α,β-unsaturated/α-hetero) is 1. The van der Waals surface area contributed by atoms with Crippen molar-refractivity contribution in [2.24, 2.45) is 28.6 Å². The molecule has 57 heavy (non-hydrogen) atoms. The van der Waals surface area contributed by atoms with Crippen LogP contribution >= 0.6 is 0 Å². The van der Waals surface area contributed by atoms with Crippen molar-refractivity contribution >= 4 is 39.6 Å². The highest BCUT2D eigenvalue weighted by atomic mass is 32.2. The molecule has 0 spiro atoms. The molecule has 306 valence electrons. The summed E-state index contributed by atoms with van der Waals surface area (Å²) in [5, 5.41) is 11.0. The van der Waals surface area contributed by atoms with Crippen LogP contribution in [0.3, 0.4) is 0 Å². The summed E-state index contributed by atoms with van der Waals surface area (Å²) in [6.07, 6.45) is 9.48. The van der Waals surface area contributed by atoms with Gasteiger partial charge in [0.15, 0.2) is 5.03 Å². The molecule has 1 aromatic carbocycles. The fourth-order valence-corrected chi connectivity index (χ4v) is 9.37. The molecule has 1 aromatic heterocycles. The van der Waals surface area contributed by atoms with Gasteiger partial charge in [0.25, 0.3) is 15.9 Å². The number of rotatable bonds is 16. The van der Waals surface area contributed by atoms with Gasteiger partial charge in [0.1, 0.15) is 12.1 Å². The minimum atomic E-state index is -3.98. The zero-order chi connectivity index (χ0) is 41.9. The molecular weight excluding hydrogens is 747 g/mol. The fourth-order valence-electron chi connectivity index (χ4n) is 8.26. The highest BCUT2D eigenvalue weighted by Gasteiger charge is 2.70. The second-order valence-corrected chi connectivity index (χ2v) is 19.0. The van der Waals surface area contributed by atoms with Crippen LogP contribution in [0.25, 0.3) is 0 Å². The number of nitrogens with one attached hydrogen (secondary N) is 4. The lowest BCUT2D eigenvalue weighted by Crippen LogP contribution is -2.61. The number of likely N-dealkylation sites (tertiary alicyclic amines) is 1. The van der Waals surface area contributed by atoms with Crippen molar-refractivity contribution in [3.8, 4) is 12.3 Å². The van der Waals surface area contributed by atoms with E-state index in [1.807, 2.05) is 58.9 Å². The van der Waals surface area contributed by atoms with Crippen LogP contribution in [-0.2, 0) is 42.0 Å². The number of hydrogen-bond donors (Lipinski definition) is 4. The highest BCUT2D eigenvalue weighted by molar-refractivity contribution is 7.89. The average molecular weight is 802 g/mol. The standard InChI is InChI=1S/C42H55N7O7S/c1-9-11-18-30(36(50)38(52)44-20-10-2)45-37(51)35-33-29(42(33,6)7)24-49(35)39(53)34(28-22-26-16-12-13-17-27(26)23-28)47-40(54)46-31(41(3,4)5)25-48(8)57(55,56)32-19-14-15-21-43-32/h1,10,12-17,19,21,28-31,33-35H,2,11,18,20,22-25H2,3-8H3,(H,44,52)(H,45,51)(H2,46,47,54)/t29-,30?,31+,33-,34-,35-/m0/s1. The third kappa shape index (κ3) is 9.39. The first-order valence-corrected chi connectivity index (χ1v) is 20.7. The maximum atomic E-state index is 14.9. The summed E-state index contributed by atoms with van der Waals surface area (Å²) in [7, 11) is -2.56. The number of pyridine rings is 1. The summed E-state index contributed by atoms with van der Waals surface area (Å²) in [5.74, 6) is -0.880. The molecule has 3 aliphatic rings. The Balaban J connectivity index is 1.40. The Bertz CT molecular complexity index is 2000. The number of fused-ring (bicyclic) bond motifs is 2. The Morgan fingerprint density at radius 3 is 2.28 bits per heavy atom. The SMILES string of the molecule is C#CCCC(NC(=O)[C@@H]1[C@@H]2[C@H](CN1C(=O)[C@@H](NC(=O)N[C@H](CN(C)S(=O)(=O)c1ccccn1)C(C)(C)C)C1Cc3ccccc3C1)C2(C)C)C(=O)C(=O)NCC=C. The van der Waals surface area contributed by atoms with Crippen molar-refractivity contribution in [1.29, 1.82) is 0 Å². The fraction of sp³-hybridized carbons (Fsp3) is 0.524. The Morgan fingerprint density at radius 2 is 1.70 bits per heavy atom. The van der Waals surface area contributed by atoms with E-state index in [0.29, 0.717) is 12.8 Å². The van der Waals surface area contributed by atoms with Gasteiger partial charge in [0.05, 0.1) is 6.04 Å². The monoisotopic (exact) mass is 801 g/mol. The maximum Gasteiger partial charge on any atom is 0.315 e. The lowest BCUT2D eigenvalue weighted by molar-refractivity contribution is -0.144. The third-order valence-electron chi connectivity index (χ3n) is 11.8. The van der Waals surface area contributed by atoms with Crippen LogP contribution in [-0.4, -0.2) is 103 Å². The Kier molecular flexibility index (Phi) is 13.0. The van der Waals surface area contributed by atoms with E-state index in [-0.39, 0.29) is 60.7 Å². The molecule has 2 aromatic rings. The number of terminal acetylenes is 1. The summed E-state index contributed by atoms with van der Waals surface area (Å²) in [6, 6.07) is 7.83. The number of urea groups is 1. The number of amides is 5. The van der Waals surface area contributed by atoms with Gasteiger partial charge in [-0.05, 0) is 71.1 Å². The quantitative estimate of drug-likeness (QED) is 0.113. The molecule has 1 aliphatic heterocycles. The van der Waals surface area contributed by atoms with Gasteiger partial charge in [-0.2, -0.15) is 4.31 Å². The van der Waals surface area contributed by atoms with Gasteiger partial charge in [-0.3, -0.25) is 19.2 Å². The Labute approximate surface area is 336 Å². The van der Waals surface area contributed by atoms with Gasteiger partial charge >= 0.3 is 6.03 Å². The molecule has 6 atom stereocenters. The van der Waals surface area contributed by atoms with Gasteiger partial charge in [-0.15, -0.1) is 18.9 Å². The van der Waals surface area contributed by atoms with Crippen LogP contribution < -0.4 is 21.3 Å². The van der Waals surface area contributed by atoms with Gasteiger partial charge < -0.3 is 26.2 Å². The van der Waals surface area contributed by atoms with E-state index < -0.39 is 69.1 Å². The molecule has 0 radical (unpaired) electrons. The van der Waals surface area contributed by atoms with E-state index in [1.54, 1.807) is 12.1 Å². The number of likely N-dealkylation sites (N-methyl/N-ethyl adjacent to an activating group) is 1. The maximum absolute atomic E-state index is 14.9. The normalized spacial score (nSPS) is 21.2. The van der Waals surface area contributed by atoms with Gasteiger partial charge in [0.2, 0.25) is 17.6 Å². The number of aromatic nitrogens is 1. The topological polar surface area (TPSA) is 187 Å². The summed E-state index contributed by atoms with van der Waals surface area (Å²) in [6.45, 7) is 13.5. The van der Waals surface area contributed by atoms with Crippen LogP contribution in [0.5, 0.6) is 0 Å². The largest absolute Gasteiger partial charge is 0.346 e. The summed E-state index contributed by atoms with van der Waals surface area (Å²) in [5.41, 5.74) is 1.22. The molecule has 5 amide bonds. The van der Waals surface area contributed by atoms with Crippen molar-refractivity contribution in [1.82, 2.24) is 35.5 Å². The zero-order valence-corrected chi connectivity index (χ0v) is 34.4. The van der Waals surface area contributed by atoms with Crippen LogP contribution in [0.4, 0.5) is 4.79 Å². The predicted molar refractivity (Wildman–Crippen MR) is 215 cm³/mol. The predicted octanol–water partition coefficient (Wildman–Crippen LogP) is 2.45. The summed E-state index contributed by atoms with van der Waals surface area (Å²) < 4.78 is 27.9. The Hall–Kier alpha value is -5.07. The molecule has 4 N–H and O–H groups in total. The van der Waals surface area contributed by atoms with Crippen molar-refractivity contribution in [3.63, 3.8) is 0 Å². The molecule has 1 unspecified atom stereocenters. The minimum absolute atomic E-state index is 0.00920. The van der Waals surface area contributed by atoms with E-state index in [9.17, 15) is 32.4 Å². The molecule has 1 saturated heterocycles. The van der Waals surface area contributed by atoms with Crippen LogP contribution in [0.15, 0.2) is 66.3 Å². The molecule has 2 fully saturated rings. The molecule has 2 heterocycles. The second kappa shape index (κ2) is 17.2. The van der Waals surface area contributed by atoms with Gasteiger partial charge in [-0.1, -0.05) is 71.0 Å². The second-order valence-electron chi connectivity index (χ2n) is 17.0. The van der Waals surface area contributed by atoms with Gasteiger partial charge in [-0.25, -0.2) is 18.2 Å². The number of piperidine rings is 1. The lowest BCUT2D eigenvalue weighted by atomic mass is 9.86. The summed E-state index contributed by atoms with van der Waals surface area (Å²) >= 11 is 0. The lowest BCUT2D eigenvalue weighted by Gasteiger charge is -2.37. The average Bonchev–Trinajstić information content (AvgIpc) is 3.52. The number of sulfonamides is 1. The number of nitrogens with zero attached hydrogens (tertiary/aromatic N) is 3. The molecule has 0 bridgehead atoms. The first-order valence-electron chi connectivity index (χ1n) is 19.3. The van der Waals surface area contributed by atoms with Crippen molar-refractivity contribution in [3.05, 3.63) is 72.4 Å². The molecule has 14 nitrogen and oxygen atoms in total. The van der Waals surface area contributed by atoms with E-state index in [0.717, 1.165) is 15.4 Å². The number of hydrogen-bond acceptors (Lipinski definition) is 8. The molecule has 1 saturated carbocycles. The first kappa shape index (κ1) is 43.1. The van der Waals surface area contributed by atoms with Crippen LogP contribution in [0.1, 0.15) is 58.6 Å². The minimum Gasteiger partial charge on any atom is -0.346 e. The summed E-state index contributed by atoms with van der Waals surface area (Å²) in [4.78, 5) is 74.6. The van der Waals surface area contributed by atoms with E-state index in [4.69, 9.17) is 6.42 Å². The van der Waals surface area contributed by atoms with Crippen molar-refractivity contribution in [2.45, 2.75) is 89.5 Å². The number of ketones is 1. The Morgan fingerprint density at radius 1 is 1.05 bits per heavy atom. The van der Waals surface area contributed by atoms with Crippen molar-refractivity contribution < 1.29 is 32.4 Å². The third-order valence-corrected chi connectivity index (χ3v) is 13.6.